The van der Waals surface area contributed by atoms with Crippen LogP contribution in [0, 0.1) is 11.3 Å². The molecule has 1 aromatic rings. The number of carbonyl (C=O) groups excluding carboxylic acids is 1. The molecule has 7 heteroatoms. The molecule has 2 amide bonds. The minimum atomic E-state index is -0.804. The molecule has 0 spiro atoms. The lowest BCUT2D eigenvalue weighted by Crippen LogP contribution is -2.38. The number of carboxylic acid groups (broad SMARTS) is 1. The summed E-state index contributed by atoms with van der Waals surface area (Å²) in [5, 5.41) is 12.3. The fourth-order valence-electron chi connectivity index (χ4n) is 3.82. The first-order chi connectivity index (χ1) is 11.5. The van der Waals surface area contributed by atoms with E-state index in [-0.39, 0.29) is 25.1 Å². The highest BCUT2D eigenvalue weighted by Crippen LogP contribution is 2.48. The van der Waals surface area contributed by atoms with Crippen LogP contribution in [0.1, 0.15) is 19.3 Å². The van der Waals surface area contributed by atoms with Gasteiger partial charge in [0, 0.05) is 24.8 Å². The number of carboxylic acids is 1. The van der Waals surface area contributed by atoms with E-state index in [1.165, 1.54) is 0 Å². The van der Waals surface area contributed by atoms with Crippen LogP contribution < -0.4 is 10.1 Å². The zero-order chi connectivity index (χ0) is 17.2. The highest BCUT2D eigenvalue weighted by Gasteiger charge is 2.55. The average Bonchev–Trinajstić information content (AvgIpc) is 3.11. The summed E-state index contributed by atoms with van der Waals surface area (Å²) >= 11 is 0. The van der Waals surface area contributed by atoms with Gasteiger partial charge in [-0.1, -0.05) is 12.5 Å². The van der Waals surface area contributed by atoms with Crippen molar-refractivity contribution in [2.75, 3.05) is 31.7 Å². The molecule has 0 aromatic heterocycles. The fourth-order valence-corrected chi connectivity index (χ4v) is 3.82. The number of nitrogens with one attached hydrogen (secondary N) is 1. The minimum Gasteiger partial charge on any atom is -0.491 e. The lowest BCUT2D eigenvalue weighted by atomic mass is 9.81. The van der Waals surface area contributed by atoms with Gasteiger partial charge in [0.05, 0.1) is 5.41 Å². The maximum Gasteiger partial charge on any atom is 0.321 e. The van der Waals surface area contributed by atoms with Gasteiger partial charge in [-0.25, -0.2) is 9.18 Å². The molecule has 1 saturated heterocycles. The van der Waals surface area contributed by atoms with E-state index in [9.17, 15) is 19.1 Å². The van der Waals surface area contributed by atoms with Crippen molar-refractivity contribution in [3.63, 3.8) is 0 Å². The van der Waals surface area contributed by atoms with E-state index in [2.05, 4.69) is 5.32 Å². The number of hydrogen-bond donors (Lipinski definition) is 2. The van der Waals surface area contributed by atoms with Gasteiger partial charge in [-0.3, -0.25) is 4.79 Å². The molecule has 24 heavy (non-hydrogen) atoms. The van der Waals surface area contributed by atoms with E-state index in [4.69, 9.17) is 4.74 Å². The van der Waals surface area contributed by atoms with Gasteiger partial charge >= 0.3 is 12.0 Å². The molecule has 130 valence electrons. The summed E-state index contributed by atoms with van der Waals surface area (Å²) in [6.07, 6.45) is 2.38. The first-order valence-corrected chi connectivity index (χ1v) is 8.13. The normalized spacial score (nSPS) is 25.4. The monoisotopic (exact) mass is 336 g/mol. The Morgan fingerprint density at radius 1 is 1.46 bits per heavy atom. The lowest BCUT2D eigenvalue weighted by molar-refractivity contribution is -0.149. The van der Waals surface area contributed by atoms with Gasteiger partial charge in [-0.15, -0.1) is 0 Å². The van der Waals surface area contributed by atoms with Crippen LogP contribution in [0.5, 0.6) is 5.75 Å². The predicted octanol–water partition coefficient (Wildman–Crippen LogP) is 2.75. The summed E-state index contributed by atoms with van der Waals surface area (Å²) in [5.74, 6) is -0.298. The van der Waals surface area contributed by atoms with Gasteiger partial charge < -0.3 is 20.1 Å². The zero-order valence-electron chi connectivity index (χ0n) is 13.3. The van der Waals surface area contributed by atoms with Gasteiger partial charge in [-0.05, 0) is 30.9 Å². The van der Waals surface area contributed by atoms with Crippen LogP contribution in [0.2, 0.25) is 0 Å². The first-order valence-electron chi connectivity index (χ1n) is 8.13. The number of likely N-dealkylation sites (tertiary alicyclic amines) is 1. The molecule has 1 saturated carbocycles. The molecular weight excluding hydrogens is 315 g/mol. The minimum absolute atomic E-state index is 0.0278. The molecule has 1 heterocycles. The largest absolute Gasteiger partial charge is 0.491 e. The van der Waals surface area contributed by atoms with Crippen molar-refractivity contribution < 1.29 is 23.8 Å². The van der Waals surface area contributed by atoms with Gasteiger partial charge in [-0.2, -0.15) is 0 Å². The van der Waals surface area contributed by atoms with Crippen molar-refractivity contribution in [3.8, 4) is 5.75 Å². The third-order valence-electron chi connectivity index (χ3n) is 5.02. The number of aliphatic carboxylic acids is 1. The van der Waals surface area contributed by atoms with E-state index in [0.717, 1.165) is 12.8 Å². The van der Waals surface area contributed by atoms with Crippen LogP contribution in [0.3, 0.4) is 0 Å². The zero-order valence-corrected chi connectivity index (χ0v) is 13.3. The molecule has 0 radical (unpaired) electrons. The molecule has 2 aliphatic rings. The molecule has 0 unspecified atom stereocenters. The summed E-state index contributed by atoms with van der Waals surface area (Å²) < 4.78 is 17.4. The van der Waals surface area contributed by atoms with E-state index in [1.54, 1.807) is 29.2 Å². The average molecular weight is 336 g/mol. The topological polar surface area (TPSA) is 78.9 Å². The number of anilines is 1. The Morgan fingerprint density at radius 3 is 3.00 bits per heavy atom. The predicted molar refractivity (Wildman–Crippen MR) is 85.9 cm³/mol. The Labute approximate surface area is 139 Å². The molecule has 2 fully saturated rings. The number of fused-ring (bicyclic) bond motifs is 1. The smallest absolute Gasteiger partial charge is 0.321 e. The molecule has 2 atom stereocenters. The van der Waals surface area contributed by atoms with Gasteiger partial charge in [0.2, 0.25) is 0 Å². The summed E-state index contributed by atoms with van der Waals surface area (Å²) in [7, 11) is 0. The molecule has 6 nitrogen and oxygen atoms in total. The molecule has 1 aliphatic carbocycles. The van der Waals surface area contributed by atoms with Crippen molar-refractivity contribution in [1.29, 1.82) is 0 Å². The number of alkyl halides is 1. The first kappa shape index (κ1) is 16.5. The lowest BCUT2D eigenvalue weighted by Gasteiger charge is -2.23. The molecule has 2 N–H and O–H groups in total. The van der Waals surface area contributed by atoms with Crippen LogP contribution in [-0.4, -0.2) is 48.4 Å². The van der Waals surface area contributed by atoms with Crippen molar-refractivity contribution in [1.82, 2.24) is 4.90 Å². The number of halogens is 1. The molecule has 1 aromatic carbocycles. The quantitative estimate of drug-likeness (QED) is 0.866. The molecule has 1 aliphatic heterocycles. The summed E-state index contributed by atoms with van der Waals surface area (Å²) in [6.45, 7) is 0.0996. The third kappa shape index (κ3) is 3.02. The third-order valence-corrected chi connectivity index (χ3v) is 5.02. The maximum atomic E-state index is 12.5. The summed E-state index contributed by atoms with van der Waals surface area (Å²) in [6, 6.07) is 6.42. The summed E-state index contributed by atoms with van der Waals surface area (Å²) in [4.78, 5) is 25.7. The van der Waals surface area contributed by atoms with Gasteiger partial charge in [0.15, 0.2) is 0 Å². The van der Waals surface area contributed by atoms with Gasteiger partial charge in [0.25, 0.3) is 0 Å². The van der Waals surface area contributed by atoms with Crippen LogP contribution >= 0.6 is 0 Å². The number of benzene rings is 1. The summed E-state index contributed by atoms with van der Waals surface area (Å²) in [5.41, 5.74) is -0.249. The van der Waals surface area contributed by atoms with Crippen molar-refractivity contribution in [3.05, 3.63) is 24.3 Å². The number of rotatable bonds is 5. The Balaban J connectivity index is 1.65. The Morgan fingerprint density at radius 2 is 2.29 bits per heavy atom. The second-order valence-electron chi connectivity index (χ2n) is 6.43. The highest BCUT2D eigenvalue weighted by atomic mass is 19.1. The van der Waals surface area contributed by atoms with Crippen molar-refractivity contribution in [2.24, 2.45) is 11.3 Å². The van der Waals surface area contributed by atoms with E-state index in [1.807, 2.05) is 0 Å². The maximum absolute atomic E-state index is 12.5. The fraction of sp³-hybridized carbons (Fsp3) is 0.529. The van der Waals surface area contributed by atoms with E-state index < -0.39 is 18.1 Å². The molecule has 3 rings (SSSR count). The van der Waals surface area contributed by atoms with Crippen molar-refractivity contribution >= 4 is 17.7 Å². The van der Waals surface area contributed by atoms with Crippen LogP contribution in [-0.2, 0) is 4.79 Å². The van der Waals surface area contributed by atoms with Gasteiger partial charge in [0.1, 0.15) is 19.0 Å². The number of hydrogen-bond acceptors (Lipinski definition) is 3. The SMILES string of the molecule is O=C(Nc1cccc(OCCF)c1)N1C[C@@H]2CCC[C@@]2(C(=O)O)C1. The number of urea groups is 1. The Hall–Kier alpha value is -2.31. The van der Waals surface area contributed by atoms with Crippen LogP contribution in [0.15, 0.2) is 24.3 Å². The second-order valence-corrected chi connectivity index (χ2v) is 6.43. The van der Waals surface area contributed by atoms with E-state index in [0.29, 0.717) is 24.4 Å². The Bertz CT molecular complexity index is 639. The number of nitrogens with zero attached hydrogens (tertiary/aromatic N) is 1. The second kappa shape index (κ2) is 6.67. The molecular formula is C17H21FN2O4. The number of carbonyl (C=O) groups is 2. The van der Waals surface area contributed by atoms with Crippen molar-refractivity contribution in [2.45, 2.75) is 19.3 Å². The van der Waals surface area contributed by atoms with Crippen LogP contribution in [0.4, 0.5) is 14.9 Å². The van der Waals surface area contributed by atoms with E-state index >= 15 is 0 Å². The van der Waals surface area contributed by atoms with Crippen LogP contribution in [0.25, 0.3) is 0 Å². The standard InChI is InChI=1S/C17H21FN2O4/c18-7-8-24-14-5-1-4-13(9-14)19-16(23)20-10-12-3-2-6-17(12,11-20)15(21)22/h1,4-5,9,12H,2-3,6-8,10-11H2,(H,19,23)(H,21,22)/t12-,17+/m0/s1. The Kier molecular flexibility index (Phi) is 4.59. The highest BCUT2D eigenvalue weighted by molar-refractivity contribution is 5.90. The molecule has 0 bridgehead atoms. The number of ether oxygens (including phenoxy) is 1. The number of amides is 2.